The third-order valence-corrected chi connectivity index (χ3v) is 4.17. The molecule has 0 aromatic carbocycles. The lowest BCUT2D eigenvalue weighted by molar-refractivity contribution is -0.118. The monoisotopic (exact) mass is 238 g/mol. The van der Waals surface area contributed by atoms with Gasteiger partial charge in [-0.3, -0.25) is 4.79 Å². The Hall–Kier alpha value is -0.870. The number of amides is 1. The SMILES string of the molecule is CC(C(=O)NCC1(CO)CCCC1)=C1CNC1. The molecule has 1 saturated heterocycles. The molecule has 0 unspecified atom stereocenters. The van der Waals surface area contributed by atoms with Crippen LogP contribution in [0, 0.1) is 5.41 Å². The van der Waals surface area contributed by atoms with Gasteiger partial charge in [-0.15, -0.1) is 0 Å². The largest absolute Gasteiger partial charge is 0.396 e. The van der Waals surface area contributed by atoms with Crippen molar-refractivity contribution in [3.05, 3.63) is 11.1 Å². The zero-order valence-electron chi connectivity index (χ0n) is 10.5. The lowest BCUT2D eigenvalue weighted by atomic mass is 9.87. The number of rotatable bonds is 4. The molecule has 4 heteroatoms. The number of nitrogens with one attached hydrogen (secondary N) is 2. The van der Waals surface area contributed by atoms with Crippen molar-refractivity contribution in [1.29, 1.82) is 0 Å². The van der Waals surface area contributed by atoms with Crippen molar-refractivity contribution in [2.75, 3.05) is 26.2 Å². The van der Waals surface area contributed by atoms with Gasteiger partial charge in [-0.1, -0.05) is 12.8 Å². The van der Waals surface area contributed by atoms with Gasteiger partial charge in [-0.2, -0.15) is 0 Å². The van der Waals surface area contributed by atoms with Crippen LogP contribution >= 0.6 is 0 Å². The number of hydrogen-bond donors (Lipinski definition) is 3. The molecular formula is C13H22N2O2. The van der Waals surface area contributed by atoms with E-state index >= 15 is 0 Å². The minimum absolute atomic E-state index is 0.0289. The van der Waals surface area contributed by atoms with E-state index in [0.717, 1.165) is 31.5 Å². The molecule has 0 atom stereocenters. The Morgan fingerprint density at radius 2 is 2.06 bits per heavy atom. The van der Waals surface area contributed by atoms with Crippen LogP contribution in [-0.4, -0.2) is 37.3 Å². The van der Waals surface area contributed by atoms with E-state index in [4.69, 9.17) is 0 Å². The van der Waals surface area contributed by atoms with Gasteiger partial charge in [0.2, 0.25) is 5.91 Å². The first-order valence-corrected chi connectivity index (χ1v) is 6.45. The maximum absolute atomic E-state index is 11.9. The predicted octanol–water partition coefficient (Wildman–Crippen LogP) is 0.575. The highest BCUT2D eigenvalue weighted by molar-refractivity contribution is 5.94. The molecule has 4 nitrogen and oxygen atoms in total. The van der Waals surface area contributed by atoms with E-state index < -0.39 is 0 Å². The van der Waals surface area contributed by atoms with Gasteiger partial charge in [-0.25, -0.2) is 0 Å². The fourth-order valence-electron chi connectivity index (χ4n) is 2.59. The normalized spacial score (nSPS) is 22.1. The molecule has 1 amide bonds. The van der Waals surface area contributed by atoms with Gasteiger partial charge in [0.1, 0.15) is 0 Å². The van der Waals surface area contributed by atoms with Crippen LogP contribution in [0.4, 0.5) is 0 Å². The third kappa shape index (κ3) is 2.69. The lowest BCUT2D eigenvalue weighted by Crippen LogP contribution is -2.41. The average Bonchev–Trinajstić information content (AvgIpc) is 2.73. The second kappa shape index (κ2) is 5.19. The minimum Gasteiger partial charge on any atom is -0.396 e. The Balaban J connectivity index is 1.87. The Labute approximate surface area is 102 Å². The van der Waals surface area contributed by atoms with Gasteiger partial charge >= 0.3 is 0 Å². The standard InChI is InChI=1S/C13H22N2O2/c1-10(11-6-14-7-11)12(17)15-8-13(9-16)4-2-3-5-13/h14,16H,2-9H2,1H3,(H,15,17). The number of carbonyl (C=O) groups is 1. The Bertz CT molecular complexity index is 324. The Morgan fingerprint density at radius 3 is 2.53 bits per heavy atom. The predicted molar refractivity (Wildman–Crippen MR) is 66.6 cm³/mol. The average molecular weight is 238 g/mol. The molecule has 17 heavy (non-hydrogen) atoms. The summed E-state index contributed by atoms with van der Waals surface area (Å²) < 4.78 is 0. The maximum Gasteiger partial charge on any atom is 0.246 e. The summed E-state index contributed by atoms with van der Waals surface area (Å²) >= 11 is 0. The second-order valence-corrected chi connectivity index (χ2v) is 5.38. The van der Waals surface area contributed by atoms with E-state index in [9.17, 15) is 9.90 Å². The van der Waals surface area contributed by atoms with Crippen molar-refractivity contribution in [2.45, 2.75) is 32.6 Å². The van der Waals surface area contributed by atoms with E-state index in [2.05, 4.69) is 10.6 Å². The summed E-state index contributed by atoms with van der Waals surface area (Å²) in [6.45, 7) is 4.35. The molecule has 0 bridgehead atoms. The van der Waals surface area contributed by atoms with E-state index in [0.29, 0.717) is 6.54 Å². The first kappa shape index (κ1) is 12.6. The molecule has 1 aliphatic carbocycles. The van der Waals surface area contributed by atoms with Crippen LogP contribution in [0.5, 0.6) is 0 Å². The molecule has 0 aromatic rings. The lowest BCUT2D eigenvalue weighted by Gasteiger charge is -2.27. The van der Waals surface area contributed by atoms with Gasteiger partial charge in [0.25, 0.3) is 0 Å². The smallest absolute Gasteiger partial charge is 0.246 e. The quantitative estimate of drug-likeness (QED) is 0.628. The number of hydrogen-bond acceptors (Lipinski definition) is 3. The first-order valence-electron chi connectivity index (χ1n) is 6.45. The molecule has 1 saturated carbocycles. The summed E-state index contributed by atoms with van der Waals surface area (Å²) in [5.74, 6) is 0.0289. The summed E-state index contributed by atoms with van der Waals surface area (Å²) in [6, 6.07) is 0. The molecule has 3 N–H and O–H groups in total. The highest BCUT2D eigenvalue weighted by Gasteiger charge is 2.33. The molecule has 96 valence electrons. The van der Waals surface area contributed by atoms with Crippen molar-refractivity contribution in [3.8, 4) is 0 Å². The van der Waals surface area contributed by atoms with E-state index in [1.807, 2.05) is 6.92 Å². The second-order valence-electron chi connectivity index (χ2n) is 5.38. The fraction of sp³-hybridized carbons (Fsp3) is 0.769. The van der Waals surface area contributed by atoms with Crippen LogP contribution in [0.15, 0.2) is 11.1 Å². The van der Waals surface area contributed by atoms with Crippen LogP contribution in [0.3, 0.4) is 0 Å². The highest BCUT2D eigenvalue weighted by Crippen LogP contribution is 2.36. The summed E-state index contributed by atoms with van der Waals surface area (Å²) in [5.41, 5.74) is 1.99. The van der Waals surface area contributed by atoms with Gasteiger partial charge in [0.15, 0.2) is 0 Å². The minimum atomic E-state index is -0.0571. The van der Waals surface area contributed by atoms with Crippen LogP contribution < -0.4 is 10.6 Å². The first-order chi connectivity index (χ1) is 8.17. The topological polar surface area (TPSA) is 61.4 Å². The zero-order chi connectivity index (χ0) is 12.3. The van der Waals surface area contributed by atoms with Crippen LogP contribution in [0.25, 0.3) is 0 Å². The molecule has 2 rings (SSSR count). The molecule has 0 spiro atoms. The zero-order valence-corrected chi connectivity index (χ0v) is 10.5. The van der Waals surface area contributed by atoms with Crippen molar-refractivity contribution >= 4 is 5.91 Å². The summed E-state index contributed by atoms with van der Waals surface area (Å²) in [5, 5.41) is 15.6. The molecule has 2 aliphatic rings. The Morgan fingerprint density at radius 1 is 1.41 bits per heavy atom. The molecular weight excluding hydrogens is 216 g/mol. The number of aliphatic hydroxyl groups excluding tert-OH is 1. The molecule has 0 aromatic heterocycles. The van der Waals surface area contributed by atoms with Crippen molar-refractivity contribution in [3.63, 3.8) is 0 Å². The van der Waals surface area contributed by atoms with Crippen molar-refractivity contribution < 1.29 is 9.90 Å². The molecule has 1 aliphatic heterocycles. The summed E-state index contributed by atoms with van der Waals surface area (Å²) in [6.07, 6.45) is 4.39. The number of carbonyl (C=O) groups excluding carboxylic acids is 1. The molecule has 2 fully saturated rings. The van der Waals surface area contributed by atoms with Crippen LogP contribution in [0.2, 0.25) is 0 Å². The summed E-state index contributed by atoms with van der Waals surface area (Å²) in [7, 11) is 0. The van der Waals surface area contributed by atoms with Crippen molar-refractivity contribution in [1.82, 2.24) is 10.6 Å². The van der Waals surface area contributed by atoms with Crippen molar-refractivity contribution in [2.24, 2.45) is 5.41 Å². The van der Waals surface area contributed by atoms with E-state index in [1.54, 1.807) is 0 Å². The van der Waals surface area contributed by atoms with Gasteiger partial charge in [0.05, 0.1) is 6.61 Å². The number of aliphatic hydroxyl groups is 1. The molecule has 0 radical (unpaired) electrons. The maximum atomic E-state index is 11.9. The fourth-order valence-corrected chi connectivity index (χ4v) is 2.59. The molecule has 1 heterocycles. The van der Waals surface area contributed by atoms with Crippen LogP contribution in [0.1, 0.15) is 32.6 Å². The highest BCUT2D eigenvalue weighted by atomic mass is 16.3. The van der Waals surface area contributed by atoms with Gasteiger partial charge < -0.3 is 15.7 Å². The van der Waals surface area contributed by atoms with E-state index in [-0.39, 0.29) is 17.9 Å². The summed E-state index contributed by atoms with van der Waals surface area (Å²) in [4.78, 5) is 11.9. The van der Waals surface area contributed by atoms with E-state index in [1.165, 1.54) is 18.4 Å². The third-order valence-electron chi connectivity index (χ3n) is 4.17. The van der Waals surface area contributed by atoms with Gasteiger partial charge in [0, 0.05) is 30.6 Å². The Kier molecular flexibility index (Phi) is 3.84. The van der Waals surface area contributed by atoms with Crippen LogP contribution in [-0.2, 0) is 4.79 Å². The van der Waals surface area contributed by atoms with Gasteiger partial charge in [-0.05, 0) is 25.3 Å².